The Morgan fingerprint density at radius 1 is 0.969 bits per heavy atom. The Morgan fingerprint density at radius 2 is 1.77 bits per heavy atom. The Hall–Kier alpha value is -4.65. The summed E-state index contributed by atoms with van der Waals surface area (Å²) in [5.41, 5.74) is 2.12. The number of methoxy groups -OCH3 is 1. The lowest BCUT2D eigenvalue weighted by Crippen LogP contribution is -2.80. The molecule has 3 aromatic rings. The topological polar surface area (TPSA) is 134 Å². The van der Waals surface area contributed by atoms with Crippen LogP contribution in [0.1, 0.15) is 115 Å². The molecule has 64 heavy (non-hydrogen) atoms. The third-order valence-corrected chi connectivity index (χ3v) is 16.2. The second-order valence-electron chi connectivity index (χ2n) is 19.7. The van der Waals surface area contributed by atoms with Gasteiger partial charge in [-0.2, -0.15) is 0 Å². The number of ether oxygens (including phenoxy) is 4. The molecule has 1 saturated heterocycles. The van der Waals surface area contributed by atoms with Crippen molar-refractivity contribution in [1.29, 1.82) is 0 Å². The third-order valence-electron chi connectivity index (χ3n) is 16.2. The van der Waals surface area contributed by atoms with Crippen LogP contribution in [0.2, 0.25) is 0 Å². The molecule has 9 rings (SSSR count). The summed E-state index contributed by atoms with van der Waals surface area (Å²) in [6, 6.07) is 11.8. The summed E-state index contributed by atoms with van der Waals surface area (Å²) < 4.78 is 25.3. The standard InChI is InChI=1S/C52H68N4O8/c1-8-11-12-13-16-24-62-43-27-42-39(50-21-23-56-22-17-20-49(10-3,45(50)56)47(64-34(5)58)52(60,32-63-33(4)57)46(50)54(42)6)26-40(43)51(48(59)61-7)28-36-25-35(9-2)29-55(30-36)31-38-37-18-14-15-19-41(37)53-44(38)51/h14-15,17-20,25-27,36,45-47,53,60H,8-13,16,21-24,28-32H2,1-7H3/t36-,45-,46+,47+,49+,50+,51-,52-/m0/s1. The number of carbonyl (C=O) groups excluding carboxylic acids is 3. The molecule has 0 amide bonds. The number of para-hydroxylation sites is 1. The second kappa shape index (κ2) is 17.0. The van der Waals surface area contributed by atoms with Gasteiger partial charge in [-0.1, -0.05) is 88.5 Å². The smallest absolute Gasteiger partial charge is 0.322 e. The Balaban J connectivity index is 1.34. The molecule has 2 aromatic carbocycles. The summed E-state index contributed by atoms with van der Waals surface area (Å²) >= 11 is 0. The number of hydrogen-bond donors (Lipinski definition) is 2. The maximum atomic E-state index is 15.5. The molecule has 2 bridgehead atoms. The zero-order valence-corrected chi connectivity index (χ0v) is 39.0. The van der Waals surface area contributed by atoms with E-state index in [1.54, 1.807) is 0 Å². The number of esters is 3. The van der Waals surface area contributed by atoms with Crippen LogP contribution in [0.15, 0.2) is 60.2 Å². The van der Waals surface area contributed by atoms with E-state index in [0.717, 1.165) is 97.1 Å². The molecule has 6 aliphatic rings. The summed E-state index contributed by atoms with van der Waals surface area (Å²) in [6.45, 7) is 13.1. The highest BCUT2D eigenvalue weighted by molar-refractivity contribution is 5.94. The fraction of sp³-hybridized carbons (Fsp3) is 0.596. The van der Waals surface area contributed by atoms with E-state index in [1.165, 1.54) is 26.5 Å². The van der Waals surface area contributed by atoms with Crippen LogP contribution in [0.5, 0.6) is 5.75 Å². The Morgan fingerprint density at radius 3 is 2.50 bits per heavy atom. The fourth-order valence-corrected chi connectivity index (χ4v) is 13.8. The molecule has 1 spiro atoms. The third kappa shape index (κ3) is 6.66. The molecule has 2 N–H and O–H groups in total. The van der Waals surface area contributed by atoms with Gasteiger partial charge in [0.25, 0.3) is 0 Å². The number of nitrogens with one attached hydrogen (secondary N) is 1. The zero-order chi connectivity index (χ0) is 45.2. The summed E-state index contributed by atoms with van der Waals surface area (Å²) in [5, 5.41) is 14.7. The predicted octanol–water partition coefficient (Wildman–Crippen LogP) is 7.48. The minimum absolute atomic E-state index is 0.0391. The van der Waals surface area contributed by atoms with Crippen molar-refractivity contribution in [3.05, 3.63) is 82.6 Å². The molecule has 344 valence electrons. The molecule has 0 radical (unpaired) electrons. The van der Waals surface area contributed by atoms with Gasteiger partial charge in [0.2, 0.25) is 0 Å². The Labute approximate surface area is 378 Å². The molecule has 5 aliphatic heterocycles. The van der Waals surface area contributed by atoms with E-state index in [9.17, 15) is 14.7 Å². The van der Waals surface area contributed by atoms with Crippen LogP contribution in [-0.2, 0) is 46.0 Å². The highest BCUT2D eigenvalue weighted by Gasteiger charge is 2.78. The lowest BCUT2D eigenvalue weighted by Gasteiger charge is -2.64. The largest absolute Gasteiger partial charge is 0.493 e. The fourth-order valence-electron chi connectivity index (χ4n) is 13.8. The maximum Gasteiger partial charge on any atom is 0.322 e. The van der Waals surface area contributed by atoms with Crippen molar-refractivity contribution in [1.82, 2.24) is 14.8 Å². The number of aromatic amines is 1. The quantitative estimate of drug-likeness (QED) is 0.0723. The molecular weight excluding hydrogens is 809 g/mol. The van der Waals surface area contributed by atoms with E-state index in [1.807, 2.05) is 13.1 Å². The summed E-state index contributed by atoms with van der Waals surface area (Å²) in [5.74, 6) is -0.735. The van der Waals surface area contributed by atoms with Gasteiger partial charge in [0.05, 0.1) is 19.8 Å². The van der Waals surface area contributed by atoms with E-state index >= 15 is 4.79 Å². The lowest BCUT2D eigenvalue weighted by molar-refractivity contribution is -0.232. The van der Waals surface area contributed by atoms with Crippen LogP contribution in [0.25, 0.3) is 10.9 Å². The van der Waals surface area contributed by atoms with Crippen molar-refractivity contribution >= 4 is 34.5 Å². The van der Waals surface area contributed by atoms with Crippen molar-refractivity contribution in [2.75, 3.05) is 58.5 Å². The molecule has 1 saturated carbocycles. The van der Waals surface area contributed by atoms with Gasteiger partial charge in [0.1, 0.15) is 23.9 Å². The van der Waals surface area contributed by atoms with Gasteiger partial charge in [-0.25, -0.2) is 0 Å². The van der Waals surface area contributed by atoms with Crippen LogP contribution in [0.4, 0.5) is 5.69 Å². The van der Waals surface area contributed by atoms with Crippen molar-refractivity contribution in [3.63, 3.8) is 0 Å². The van der Waals surface area contributed by atoms with Crippen LogP contribution >= 0.6 is 0 Å². The monoisotopic (exact) mass is 877 g/mol. The van der Waals surface area contributed by atoms with Crippen LogP contribution < -0.4 is 9.64 Å². The molecule has 1 aliphatic carbocycles. The molecule has 1 unspecified atom stereocenters. The van der Waals surface area contributed by atoms with Gasteiger partial charge in [0.15, 0.2) is 5.60 Å². The average molecular weight is 877 g/mol. The van der Waals surface area contributed by atoms with E-state index < -0.39 is 45.9 Å². The number of benzene rings is 2. The first-order valence-electron chi connectivity index (χ1n) is 23.9. The minimum atomic E-state index is -1.84. The molecular formula is C52H68N4O8. The first-order valence-corrected chi connectivity index (χ1v) is 23.9. The van der Waals surface area contributed by atoms with Gasteiger partial charge in [-0.05, 0) is 67.8 Å². The maximum absolute atomic E-state index is 15.5. The first kappa shape index (κ1) is 44.5. The molecule has 12 nitrogen and oxygen atoms in total. The molecule has 6 heterocycles. The summed E-state index contributed by atoms with van der Waals surface area (Å²) in [6.07, 6.45) is 13.6. The number of fused-ring (bicyclic) bond motifs is 6. The average Bonchev–Trinajstić information content (AvgIpc) is 3.93. The van der Waals surface area contributed by atoms with E-state index in [0.29, 0.717) is 44.7 Å². The van der Waals surface area contributed by atoms with Crippen LogP contribution in [0.3, 0.4) is 0 Å². The van der Waals surface area contributed by atoms with Crippen molar-refractivity contribution in [2.45, 2.75) is 134 Å². The normalized spacial score (nSPS) is 32.4. The minimum Gasteiger partial charge on any atom is -0.493 e. The second-order valence-corrected chi connectivity index (χ2v) is 19.7. The highest BCUT2D eigenvalue weighted by atomic mass is 16.6. The van der Waals surface area contributed by atoms with Gasteiger partial charge in [-0.15, -0.1) is 0 Å². The molecule has 12 heteroatoms. The lowest BCUT2D eigenvalue weighted by atomic mass is 9.47. The number of H-pyrrole nitrogens is 1. The number of likely N-dealkylation sites (N-methyl/N-ethyl adjacent to an activating group) is 1. The Bertz CT molecular complexity index is 2370. The predicted molar refractivity (Wildman–Crippen MR) is 246 cm³/mol. The van der Waals surface area contributed by atoms with Crippen molar-refractivity contribution in [2.24, 2.45) is 11.3 Å². The molecule has 1 aromatic heterocycles. The molecule has 2 fully saturated rings. The van der Waals surface area contributed by atoms with Gasteiger partial charge >= 0.3 is 17.9 Å². The number of unbranched alkanes of at least 4 members (excludes halogenated alkanes) is 4. The van der Waals surface area contributed by atoms with E-state index in [-0.39, 0.29) is 24.5 Å². The number of aliphatic hydroxyl groups is 1. The SMILES string of the molecule is CCCCCCCOc1cc2c(cc1[C@@]1(C(=O)OC)C[C@@H]3C=C(CC)CN(Cc4c1[nH]c1ccccc41)C3)[C@@]13CCN4CC=C[C@@](CC)([C@@H](OC(C)=O)[C@](O)(COC(C)=O)[C@@H]1N2C)[C@H]43. The number of carbonyl (C=O) groups is 3. The van der Waals surface area contributed by atoms with Crippen molar-refractivity contribution in [3.8, 4) is 5.75 Å². The van der Waals surface area contributed by atoms with Crippen LogP contribution in [0, 0.1) is 11.3 Å². The number of rotatable bonds is 14. The number of anilines is 1. The van der Waals surface area contributed by atoms with Crippen LogP contribution in [-0.4, -0.2) is 115 Å². The number of aromatic nitrogens is 1. The summed E-state index contributed by atoms with van der Waals surface area (Å²) in [4.78, 5) is 52.4. The number of hydrogen-bond acceptors (Lipinski definition) is 11. The summed E-state index contributed by atoms with van der Waals surface area (Å²) in [7, 11) is 3.49. The van der Waals surface area contributed by atoms with Gasteiger partial charge < -0.3 is 33.9 Å². The zero-order valence-electron chi connectivity index (χ0n) is 39.0. The van der Waals surface area contributed by atoms with E-state index in [2.05, 4.69) is 89.0 Å². The molecule has 9 atom stereocenters. The Kier molecular flexibility index (Phi) is 11.8. The number of nitrogens with zero attached hydrogens (tertiary/aromatic N) is 3. The first-order chi connectivity index (χ1) is 30.8. The van der Waals surface area contributed by atoms with E-state index in [4.69, 9.17) is 18.9 Å². The highest BCUT2D eigenvalue weighted by Crippen LogP contribution is 2.68. The van der Waals surface area contributed by atoms with Gasteiger partial charge in [0, 0.05) is 97.9 Å². The van der Waals surface area contributed by atoms with Crippen molar-refractivity contribution < 1.29 is 38.4 Å². The van der Waals surface area contributed by atoms with Gasteiger partial charge in [-0.3, -0.25) is 24.2 Å².